The maximum absolute atomic E-state index is 12.0. The first-order valence-corrected chi connectivity index (χ1v) is 7.19. The first kappa shape index (κ1) is 16.2. The van der Waals surface area contributed by atoms with Crippen LogP contribution in [0.1, 0.15) is 45.6 Å². The molecular formula is C17H24N2O. The molecule has 108 valence electrons. The molecule has 0 aromatic carbocycles. The van der Waals surface area contributed by atoms with Crippen molar-refractivity contribution in [1.29, 1.82) is 0 Å². The second-order valence-corrected chi connectivity index (χ2v) is 4.87. The molecule has 1 unspecified atom stereocenters. The van der Waals surface area contributed by atoms with Gasteiger partial charge in [-0.1, -0.05) is 33.4 Å². The molecule has 2 rings (SSSR count). The van der Waals surface area contributed by atoms with E-state index < -0.39 is 0 Å². The largest absolute Gasteiger partial charge is 0.320 e. The van der Waals surface area contributed by atoms with Gasteiger partial charge in [-0.2, -0.15) is 0 Å². The number of pyridine rings is 1. The van der Waals surface area contributed by atoms with Crippen LogP contribution in [0.25, 0.3) is 18.4 Å². The molecule has 0 aliphatic heterocycles. The number of hydrogen-bond donors (Lipinski definition) is 1. The molecule has 1 aromatic heterocycles. The second kappa shape index (κ2) is 7.63. The van der Waals surface area contributed by atoms with Crippen LogP contribution in [-0.4, -0.2) is 11.7 Å². The highest BCUT2D eigenvalue weighted by atomic mass is 16.1. The Labute approximate surface area is 120 Å². The molecule has 0 bridgehead atoms. The Morgan fingerprint density at radius 1 is 1.45 bits per heavy atom. The van der Waals surface area contributed by atoms with E-state index in [9.17, 15) is 4.79 Å². The molecule has 1 aliphatic rings. The van der Waals surface area contributed by atoms with Gasteiger partial charge in [0.05, 0.1) is 11.5 Å². The van der Waals surface area contributed by atoms with Crippen LogP contribution in [0.3, 0.4) is 0 Å². The number of nitrogens with zero attached hydrogens (tertiary/aromatic N) is 1. The third kappa shape index (κ3) is 3.80. The van der Waals surface area contributed by atoms with Crippen molar-refractivity contribution < 1.29 is 0 Å². The predicted octanol–water partition coefficient (Wildman–Crippen LogP) is 2.45. The van der Waals surface area contributed by atoms with Crippen molar-refractivity contribution in [3.05, 3.63) is 38.6 Å². The zero-order valence-corrected chi connectivity index (χ0v) is 12.7. The van der Waals surface area contributed by atoms with Crippen molar-refractivity contribution in [2.45, 2.75) is 40.0 Å². The number of rotatable bonds is 2. The minimum Gasteiger partial charge on any atom is -0.320 e. The van der Waals surface area contributed by atoms with E-state index in [0.717, 1.165) is 35.6 Å². The van der Waals surface area contributed by atoms with E-state index in [1.807, 2.05) is 19.9 Å². The lowest BCUT2D eigenvalue weighted by atomic mass is 9.88. The topological polar surface area (TPSA) is 45.2 Å². The molecule has 3 nitrogen and oxygen atoms in total. The van der Waals surface area contributed by atoms with E-state index in [4.69, 9.17) is 0 Å². The molecule has 1 aromatic rings. The molecule has 0 amide bonds. The molecule has 0 saturated heterocycles. The third-order valence-corrected chi connectivity index (χ3v) is 3.40. The Bertz CT molecular complexity index is 653. The van der Waals surface area contributed by atoms with E-state index in [-0.39, 0.29) is 5.56 Å². The molecule has 0 radical (unpaired) electrons. The van der Waals surface area contributed by atoms with Crippen molar-refractivity contribution in [1.82, 2.24) is 4.98 Å². The van der Waals surface area contributed by atoms with Crippen LogP contribution in [0.4, 0.5) is 0 Å². The number of nitrogens with one attached hydrogen (secondary N) is 1. The van der Waals surface area contributed by atoms with Crippen molar-refractivity contribution in [2.24, 2.45) is 10.9 Å². The first-order valence-electron chi connectivity index (χ1n) is 7.19. The fraction of sp³-hybridized carbons (Fsp3) is 0.412. The molecule has 0 spiro atoms. The average Bonchev–Trinajstić information content (AvgIpc) is 2.46. The summed E-state index contributed by atoms with van der Waals surface area (Å²) in [6.45, 7) is 13.5. The molecule has 1 aliphatic carbocycles. The summed E-state index contributed by atoms with van der Waals surface area (Å²) in [5.41, 5.74) is 1.81. The van der Waals surface area contributed by atoms with E-state index >= 15 is 0 Å². The van der Waals surface area contributed by atoms with Gasteiger partial charge in [0.15, 0.2) is 0 Å². The summed E-state index contributed by atoms with van der Waals surface area (Å²) in [7, 11) is 0. The lowest BCUT2D eigenvalue weighted by Crippen LogP contribution is -2.35. The van der Waals surface area contributed by atoms with Gasteiger partial charge in [-0.25, -0.2) is 0 Å². The van der Waals surface area contributed by atoms with Crippen LogP contribution in [0.15, 0.2) is 21.9 Å². The molecule has 0 fully saturated rings. The smallest absolute Gasteiger partial charge is 0.256 e. The van der Waals surface area contributed by atoms with Gasteiger partial charge in [-0.05, 0) is 48.8 Å². The molecule has 1 N–H and O–H groups in total. The van der Waals surface area contributed by atoms with Crippen molar-refractivity contribution >= 4 is 25.1 Å². The Kier molecular flexibility index (Phi) is 6.16. The number of H-pyrrole nitrogens is 1. The zero-order valence-electron chi connectivity index (χ0n) is 12.7. The molecule has 1 atom stereocenters. The summed E-state index contributed by atoms with van der Waals surface area (Å²) in [5, 5.41) is 1.40. The summed E-state index contributed by atoms with van der Waals surface area (Å²) in [6.07, 6.45) is 6.84. The molecule has 0 saturated carbocycles. The Morgan fingerprint density at radius 2 is 2.15 bits per heavy atom. The number of aromatic amines is 1. The fourth-order valence-electron chi connectivity index (χ4n) is 2.24. The van der Waals surface area contributed by atoms with E-state index in [1.165, 1.54) is 6.20 Å². The molecular weight excluding hydrogens is 248 g/mol. The maximum Gasteiger partial charge on any atom is 0.256 e. The lowest BCUT2D eigenvalue weighted by Gasteiger charge is -2.17. The number of allylic oxidation sites excluding steroid dienone is 2. The summed E-state index contributed by atoms with van der Waals surface area (Å²) >= 11 is 0. The molecule has 1 heterocycles. The average molecular weight is 272 g/mol. The molecule has 20 heavy (non-hydrogen) atoms. The van der Waals surface area contributed by atoms with Gasteiger partial charge >= 0.3 is 0 Å². The van der Waals surface area contributed by atoms with Gasteiger partial charge < -0.3 is 4.98 Å². The minimum absolute atomic E-state index is 0.0712. The number of aromatic nitrogens is 1. The predicted molar refractivity (Wildman–Crippen MR) is 88.2 cm³/mol. The highest BCUT2D eigenvalue weighted by Crippen LogP contribution is 2.27. The van der Waals surface area contributed by atoms with Crippen LogP contribution in [-0.2, 0) is 0 Å². The van der Waals surface area contributed by atoms with Crippen LogP contribution in [0.5, 0.6) is 0 Å². The number of aliphatic imine (C=N–C) groups is 1. The van der Waals surface area contributed by atoms with Gasteiger partial charge in [0, 0.05) is 5.56 Å². The number of hydrogen-bond acceptors (Lipinski definition) is 2. The van der Waals surface area contributed by atoms with Crippen LogP contribution < -0.4 is 16.1 Å². The maximum atomic E-state index is 12.0. The first-order chi connectivity index (χ1) is 9.61. The van der Waals surface area contributed by atoms with Gasteiger partial charge in [0.1, 0.15) is 0 Å². The Balaban J connectivity index is 0.000000956. The monoisotopic (exact) mass is 272 g/mol. The Hall–Kier alpha value is -1.90. The lowest BCUT2D eigenvalue weighted by molar-refractivity contribution is 0.533. The second-order valence-electron chi connectivity index (χ2n) is 4.87. The van der Waals surface area contributed by atoms with Crippen molar-refractivity contribution in [3.8, 4) is 0 Å². The molecule has 3 heteroatoms. The van der Waals surface area contributed by atoms with Crippen molar-refractivity contribution in [3.63, 3.8) is 0 Å². The van der Waals surface area contributed by atoms with Gasteiger partial charge in [0.25, 0.3) is 5.56 Å². The quantitative estimate of drug-likeness (QED) is 0.826. The van der Waals surface area contributed by atoms with Crippen LogP contribution in [0, 0.1) is 5.92 Å². The zero-order chi connectivity index (χ0) is 15.1. The van der Waals surface area contributed by atoms with Gasteiger partial charge in [-0.15, -0.1) is 0 Å². The van der Waals surface area contributed by atoms with Crippen molar-refractivity contribution in [2.75, 3.05) is 0 Å². The standard InChI is InChI=1S/C15H18N2O.C2H6/c1-10-4-6-12(7-5-10)13-8-11(2)14(9-16-3)17-15(13)18;1-2/h6,8-10H,2-5,7H2,1H3,(H,17,18);1-2H3/b14-9+;. The van der Waals surface area contributed by atoms with Crippen LogP contribution >= 0.6 is 0 Å². The fourth-order valence-corrected chi connectivity index (χ4v) is 2.24. The third-order valence-electron chi connectivity index (χ3n) is 3.40. The van der Waals surface area contributed by atoms with Crippen LogP contribution in [0.2, 0.25) is 0 Å². The van der Waals surface area contributed by atoms with E-state index in [2.05, 4.69) is 36.3 Å². The Morgan fingerprint density at radius 3 is 2.70 bits per heavy atom. The summed E-state index contributed by atoms with van der Waals surface area (Å²) < 4.78 is 0. The minimum atomic E-state index is -0.0712. The van der Waals surface area contributed by atoms with Gasteiger partial charge in [0.2, 0.25) is 0 Å². The van der Waals surface area contributed by atoms with E-state index in [0.29, 0.717) is 11.3 Å². The normalized spacial score (nSPS) is 18.9. The summed E-state index contributed by atoms with van der Waals surface area (Å²) in [5.74, 6) is 0.713. The van der Waals surface area contributed by atoms with E-state index in [1.54, 1.807) is 0 Å². The highest BCUT2D eigenvalue weighted by Gasteiger charge is 2.13. The van der Waals surface area contributed by atoms with Gasteiger partial charge in [-0.3, -0.25) is 9.79 Å². The summed E-state index contributed by atoms with van der Waals surface area (Å²) in [6, 6.07) is 1.84. The SMILES string of the molecule is C=N/C=c1/[nH]c(=O)c(C2=CCC(C)CC2)cc1=C.CC. The summed E-state index contributed by atoms with van der Waals surface area (Å²) in [4.78, 5) is 18.5. The highest BCUT2D eigenvalue weighted by molar-refractivity contribution is 5.65.